The third kappa shape index (κ3) is 4.57. The normalized spacial score (nSPS) is 11.6. The van der Waals surface area contributed by atoms with E-state index in [1.165, 1.54) is 49.0 Å². The fraction of sp³-hybridized carbons (Fsp3) is 0. The zero-order valence-corrected chi connectivity index (χ0v) is 27.3. The van der Waals surface area contributed by atoms with Crippen molar-refractivity contribution in [2.75, 3.05) is 4.90 Å². The number of hydrogen-bond donors (Lipinski definition) is 0. The standard InChI is InChI=1S/C48H31NO/c1-2-11-32(12-3-1)33-21-26-36(27-22-33)49(45-31-44-38-14-5-4-13-34(38)25-30-41(44)40-15-6-7-16-42(40)45)37-28-23-35(24-29-37)39-18-10-20-47-48(39)43-17-8-9-19-46(43)50-47/h1-31H. The van der Waals surface area contributed by atoms with Gasteiger partial charge in [0.1, 0.15) is 11.2 Å². The predicted molar refractivity (Wildman–Crippen MR) is 212 cm³/mol. The van der Waals surface area contributed by atoms with Crippen LogP contribution in [0.4, 0.5) is 17.1 Å². The van der Waals surface area contributed by atoms with Crippen LogP contribution in [0.1, 0.15) is 0 Å². The van der Waals surface area contributed by atoms with Gasteiger partial charge < -0.3 is 9.32 Å². The highest BCUT2D eigenvalue weighted by Gasteiger charge is 2.19. The summed E-state index contributed by atoms with van der Waals surface area (Å²) in [7, 11) is 0. The van der Waals surface area contributed by atoms with Crippen molar-refractivity contribution in [1.82, 2.24) is 0 Å². The average molecular weight is 638 g/mol. The van der Waals surface area contributed by atoms with Crippen LogP contribution in [0, 0.1) is 0 Å². The highest BCUT2D eigenvalue weighted by atomic mass is 16.3. The maximum atomic E-state index is 6.23. The first-order valence-electron chi connectivity index (χ1n) is 17.1. The van der Waals surface area contributed by atoms with Crippen molar-refractivity contribution in [2.45, 2.75) is 0 Å². The maximum absolute atomic E-state index is 6.23. The van der Waals surface area contributed by atoms with E-state index in [1.807, 2.05) is 12.1 Å². The molecule has 0 fully saturated rings. The molecule has 9 aromatic carbocycles. The molecule has 0 saturated heterocycles. The summed E-state index contributed by atoms with van der Waals surface area (Å²) in [6.07, 6.45) is 0. The van der Waals surface area contributed by atoms with Gasteiger partial charge >= 0.3 is 0 Å². The van der Waals surface area contributed by atoms with Crippen molar-refractivity contribution in [1.29, 1.82) is 0 Å². The van der Waals surface area contributed by atoms with Gasteiger partial charge in [-0.05, 0) is 91.6 Å². The van der Waals surface area contributed by atoms with Crippen molar-refractivity contribution in [3.8, 4) is 22.3 Å². The fourth-order valence-electron chi connectivity index (χ4n) is 7.69. The van der Waals surface area contributed by atoms with E-state index in [-0.39, 0.29) is 0 Å². The van der Waals surface area contributed by atoms with Crippen molar-refractivity contribution in [3.05, 3.63) is 188 Å². The maximum Gasteiger partial charge on any atom is 0.136 e. The third-order valence-electron chi connectivity index (χ3n) is 10.1. The van der Waals surface area contributed by atoms with Crippen LogP contribution in [0.3, 0.4) is 0 Å². The van der Waals surface area contributed by atoms with Gasteiger partial charge in [0.2, 0.25) is 0 Å². The number of furan rings is 1. The van der Waals surface area contributed by atoms with E-state index in [9.17, 15) is 0 Å². The topological polar surface area (TPSA) is 16.4 Å². The molecule has 1 heterocycles. The van der Waals surface area contributed by atoms with Crippen LogP contribution in [-0.4, -0.2) is 0 Å². The lowest BCUT2D eigenvalue weighted by Crippen LogP contribution is -2.10. The number of fused-ring (bicyclic) bond motifs is 8. The summed E-state index contributed by atoms with van der Waals surface area (Å²) in [5.41, 5.74) is 9.88. The van der Waals surface area contributed by atoms with Gasteiger partial charge in [-0.15, -0.1) is 0 Å². The molecule has 2 heteroatoms. The Hall–Kier alpha value is -6.64. The lowest BCUT2D eigenvalue weighted by molar-refractivity contribution is 0.669. The molecule has 0 atom stereocenters. The summed E-state index contributed by atoms with van der Waals surface area (Å²) in [5.74, 6) is 0. The largest absolute Gasteiger partial charge is 0.456 e. The summed E-state index contributed by atoms with van der Waals surface area (Å²) >= 11 is 0. The number of para-hydroxylation sites is 1. The smallest absolute Gasteiger partial charge is 0.136 e. The van der Waals surface area contributed by atoms with Crippen molar-refractivity contribution >= 4 is 71.3 Å². The summed E-state index contributed by atoms with van der Waals surface area (Å²) in [6, 6.07) is 67.6. The molecule has 0 spiro atoms. The molecule has 0 N–H and O–H groups in total. The number of nitrogens with zero attached hydrogens (tertiary/aromatic N) is 1. The molecule has 0 radical (unpaired) electrons. The minimum atomic E-state index is 0.905. The highest BCUT2D eigenvalue weighted by molar-refractivity contribution is 6.21. The lowest BCUT2D eigenvalue weighted by Gasteiger charge is -2.28. The average Bonchev–Trinajstić information content (AvgIpc) is 3.58. The monoisotopic (exact) mass is 637 g/mol. The van der Waals surface area contributed by atoms with Gasteiger partial charge in [0.05, 0.1) is 5.69 Å². The molecule has 1 aromatic heterocycles. The lowest BCUT2D eigenvalue weighted by atomic mass is 9.95. The molecule has 0 saturated carbocycles. The SMILES string of the molecule is c1ccc(-c2ccc(N(c3ccc(-c4cccc5oc6ccccc6c45)cc3)c3cc4c5ccccc5ccc4c4ccccc34)cc2)cc1. The Bertz CT molecular complexity index is 2850. The molecule has 0 bridgehead atoms. The molecule has 0 aliphatic rings. The molecular weight excluding hydrogens is 607 g/mol. The van der Waals surface area contributed by atoms with Crippen LogP contribution in [0.2, 0.25) is 0 Å². The van der Waals surface area contributed by atoms with Crippen molar-refractivity contribution < 1.29 is 4.42 Å². The molecule has 0 aliphatic carbocycles. The van der Waals surface area contributed by atoms with Gasteiger partial charge in [-0.1, -0.05) is 146 Å². The zero-order valence-electron chi connectivity index (χ0n) is 27.3. The van der Waals surface area contributed by atoms with Crippen LogP contribution < -0.4 is 4.90 Å². The second-order valence-electron chi connectivity index (χ2n) is 12.9. The molecule has 50 heavy (non-hydrogen) atoms. The first-order chi connectivity index (χ1) is 24.8. The fourth-order valence-corrected chi connectivity index (χ4v) is 7.69. The van der Waals surface area contributed by atoms with E-state index in [2.05, 4.69) is 181 Å². The Morgan fingerprint density at radius 3 is 1.70 bits per heavy atom. The summed E-state index contributed by atoms with van der Waals surface area (Å²) in [4.78, 5) is 2.41. The predicted octanol–water partition coefficient (Wildman–Crippen LogP) is 13.8. The van der Waals surface area contributed by atoms with Crippen molar-refractivity contribution in [3.63, 3.8) is 0 Å². The van der Waals surface area contributed by atoms with Crippen LogP contribution >= 0.6 is 0 Å². The molecule has 0 unspecified atom stereocenters. The number of benzene rings is 9. The van der Waals surface area contributed by atoms with Gasteiger partial charge in [-0.3, -0.25) is 0 Å². The van der Waals surface area contributed by atoms with Gasteiger partial charge in [0.25, 0.3) is 0 Å². The van der Waals surface area contributed by atoms with Crippen molar-refractivity contribution in [2.24, 2.45) is 0 Å². The Morgan fingerprint density at radius 1 is 0.340 bits per heavy atom. The summed E-state index contributed by atoms with van der Waals surface area (Å²) < 4.78 is 6.23. The first-order valence-corrected chi connectivity index (χ1v) is 17.1. The third-order valence-corrected chi connectivity index (χ3v) is 10.1. The van der Waals surface area contributed by atoms with E-state index < -0.39 is 0 Å². The zero-order chi connectivity index (χ0) is 33.0. The van der Waals surface area contributed by atoms with Crippen LogP contribution in [0.15, 0.2) is 192 Å². The molecule has 2 nitrogen and oxygen atoms in total. The second kappa shape index (κ2) is 11.5. The first kappa shape index (κ1) is 28.4. The minimum Gasteiger partial charge on any atom is -0.456 e. The summed E-state index contributed by atoms with van der Waals surface area (Å²) in [5, 5.41) is 9.75. The Labute approximate surface area is 290 Å². The van der Waals surface area contributed by atoms with E-state index in [0.717, 1.165) is 44.6 Å². The Balaban J connectivity index is 1.19. The van der Waals surface area contributed by atoms with Crippen LogP contribution in [0.25, 0.3) is 76.5 Å². The highest BCUT2D eigenvalue weighted by Crippen LogP contribution is 2.45. The van der Waals surface area contributed by atoms with Gasteiger partial charge in [-0.25, -0.2) is 0 Å². The van der Waals surface area contributed by atoms with Crippen LogP contribution in [0.5, 0.6) is 0 Å². The van der Waals surface area contributed by atoms with Crippen LogP contribution in [-0.2, 0) is 0 Å². The molecule has 0 amide bonds. The Morgan fingerprint density at radius 2 is 0.920 bits per heavy atom. The minimum absolute atomic E-state index is 0.905. The van der Waals surface area contributed by atoms with Gasteiger partial charge in [0.15, 0.2) is 0 Å². The van der Waals surface area contributed by atoms with E-state index in [1.54, 1.807) is 0 Å². The van der Waals surface area contributed by atoms with E-state index in [0.29, 0.717) is 0 Å². The summed E-state index contributed by atoms with van der Waals surface area (Å²) in [6.45, 7) is 0. The molecule has 0 aliphatic heterocycles. The van der Waals surface area contributed by atoms with E-state index >= 15 is 0 Å². The molecule has 10 aromatic rings. The van der Waals surface area contributed by atoms with E-state index in [4.69, 9.17) is 4.42 Å². The number of anilines is 3. The number of hydrogen-bond acceptors (Lipinski definition) is 2. The quantitative estimate of drug-likeness (QED) is 0.175. The number of rotatable bonds is 5. The molecule has 10 rings (SSSR count). The Kier molecular flexibility index (Phi) is 6.53. The van der Waals surface area contributed by atoms with Gasteiger partial charge in [0, 0.05) is 27.5 Å². The molecule has 234 valence electrons. The van der Waals surface area contributed by atoms with Gasteiger partial charge in [-0.2, -0.15) is 0 Å². The second-order valence-corrected chi connectivity index (χ2v) is 12.9. The molecular formula is C48H31NO.